The summed E-state index contributed by atoms with van der Waals surface area (Å²) in [6, 6.07) is 9.00. The fraction of sp³-hybridized carbons (Fsp3) is 0.333. The molecule has 0 spiro atoms. The molecule has 5 heteroatoms. The van der Waals surface area contributed by atoms with E-state index in [2.05, 4.69) is 9.97 Å². The molecule has 1 saturated heterocycles. The third kappa shape index (κ3) is 2.32. The zero-order valence-corrected chi connectivity index (χ0v) is 11.2. The molecule has 2 heterocycles. The van der Waals surface area contributed by atoms with Gasteiger partial charge in [0.2, 0.25) is 5.88 Å². The van der Waals surface area contributed by atoms with Crippen molar-refractivity contribution in [2.45, 2.75) is 32.0 Å². The molecule has 1 fully saturated rings. The van der Waals surface area contributed by atoms with Crippen LogP contribution in [0.1, 0.15) is 31.7 Å². The molecule has 104 valence electrons. The van der Waals surface area contributed by atoms with E-state index in [1.54, 1.807) is 12.1 Å². The van der Waals surface area contributed by atoms with Gasteiger partial charge in [-0.2, -0.15) is 4.98 Å². The summed E-state index contributed by atoms with van der Waals surface area (Å²) in [7, 11) is 0. The third-order valence-electron chi connectivity index (χ3n) is 3.52. The highest BCUT2D eigenvalue weighted by molar-refractivity contribution is 5.66. The van der Waals surface area contributed by atoms with E-state index >= 15 is 0 Å². The lowest BCUT2D eigenvalue weighted by atomic mass is 10.1. The van der Waals surface area contributed by atoms with Gasteiger partial charge in [0.1, 0.15) is 17.5 Å². The van der Waals surface area contributed by atoms with E-state index in [0.29, 0.717) is 11.4 Å². The highest BCUT2D eigenvalue weighted by Crippen LogP contribution is 2.32. The Kier molecular flexibility index (Phi) is 3.28. The topological polar surface area (TPSA) is 75.2 Å². The van der Waals surface area contributed by atoms with Crippen LogP contribution in [0.4, 0.5) is 0 Å². The van der Waals surface area contributed by atoms with Gasteiger partial charge in [-0.15, -0.1) is 0 Å². The van der Waals surface area contributed by atoms with Crippen molar-refractivity contribution in [3.8, 4) is 17.0 Å². The van der Waals surface area contributed by atoms with Crippen LogP contribution in [0.25, 0.3) is 11.1 Å². The first-order valence-corrected chi connectivity index (χ1v) is 6.69. The Morgan fingerprint density at radius 3 is 2.65 bits per heavy atom. The van der Waals surface area contributed by atoms with Crippen LogP contribution in [0.3, 0.4) is 0 Å². The number of H-pyrrole nitrogens is 1. The maximum Gasteiger partial charge on any atom is 0.262 e. The van der Waals surface area contributed by atoms with E-state index in [1.165, 1.54) is 0 Å². The average molecular weight is 272 g/mol. The number of benzene rings is 1. The molecule has 0 saturated carbocycles. The molecule has 0 amide bonds. The van der Waals surface area contributed by atoms with Crippen LogP contribution in [0.15, 0.2) is 35.1 Å². The number of nitrogens with one attached hydrogen (secondary N) is 1. The van der Waals surface area contributed by atoms with Gasteiger partial charge in [0.05, 0.1) is 6.10 Å². The van der Waals surface area contributed by atoms with Crippen molar-refractivity contribution in [1.29, 1.82) is 0 Å². The van der Waals surface area contributed by atoms with Gasteiger partial charge in [-0.25, -0.2) is 0 Å². The fourth-order valence-corrected chi connectivity index (χ4v) is 2.50. The maximum atomic E-state index is 12.2. The first-order chi connectivity index (χ1) is 9.65. The molecule has 1 aliphatic rings. The fourth-order valence-electron chi connectivity index (χ4n) is 2.50. The molecule has 1 aromatic carbocycles. The van der Waals surface area contributed by atoms with Crippen molar-refractivity contribution < 1.29 is 9.84 Å². The van der Waals surface area contributed by atoms with Gasteiger partial charge >= 0.3 is 0 Å². The molecule has 3 rings (SSSR count). The Labute approximate surface area is 116 Å². The minimum absolute atomic E-state index is 0.154. The summed E-state index contributed by atoms with van der Waals surface area (Å²) < 4.78 is 5.66. The summed E-state index contributed by atoms with van der Waals surface area (Å²) in [5.74, 6) is 0.148. The Morgan fingerprint density at radius 2 is 2.05 bits per heavy atom. The number of ether oxygens (including phenoxy) is 1. The Hall–Kier alpha value is -2.14. The number of nitrogens with zero attached hydrogens (tertiary/aromatic N) is 1. The van der Waals surface area contributed by atoms with Gasteiger partial charge in [-0.3, -0.25) is 4.79 Å². The average Bonchev–Trinajstić information content (AvgIpc) is 2.86. The molecular formula is C15H16N2O3. The molecule has 5 nitrogen and oxygen atoms in total. The smallest absolute Gasteiger partial charge is 0.262 e. The monoisotopic (exact) mass is 272 g/mol. The van der Waals surface area contributed by atoms with Crippen molar-refractivity contribution in [2.75, 3.05) is 0 Å². The zero-order chi connectivity index (χ0) is 14.1. The van der Waals surface area contributed by atoms with Crippen molar-refractivity contribution in [3.63, 3.8) is 0 Å². The molecular weight excluding hydrogens is 256 g/mol. The van der Waals surface area contributed by atoms with Crippen LogP contribution in [-0.4, -0.2) is 21.2 Å². The zero-order valence-electron chi connectivity index (χ0n) is 11.2. The number of rotatable bonds is 2. The van der Waals surface area contributed by atoms with Crippen LogP contribution in [0, 0.1) is 0 Å². The van der Waals surface area contributed by atoms with E-state index in [9.17, 15) is 9.90 Å². The Bertz CT molecular complexity index is 667. The van der Waals surface area contributed by atoms with Crippen LogP contribution >= 0.6 is 0 Å². The van der Waals surface area contributed by atoms with Crippen molar-refractivity contribution >= 4 is 0 Å². The summed E-state index contributed by atoms with van der Waals surface area (Å²) in [6.07, 6.45) is 1.64. The second-order valence-electron chi connectivity index (χ2n) is 5.03. The van der Waals surface area contributed by atoms with E-state index in [-0.39, 0.29) is 29.2 Å². The Balaban J connectivity index is 2.02. The lowest BCUT2D eigenvalue weighted by Crippen LogP contribution is -2.16. The summed E-state index contributed by atoms with van der Waals surface area (Å²) in [6.45, 7) is 1.98. The van der Waals surface area contributed by atoms with Gasteiger partial charge in [0.25, 0.3) is 5.56 Å². The van der Waals surface area contributed by atoms with E-state index < -0.39 is 0 Å². The minimum atomic E-state index is -0.346. The number of aromatic nitrogens is 2. The largest absolute Gasteiger partial charge is 0.493 e. The second-order valence-corrected chi connectivity index (χ2v) is 5.03. The van der Waals surface area contributed by atoms with Gasteiger partial charge in [-0.1, -0.05) is 30.3 Å². The maximum absolute atomic E-state index is 12.2. The first kappa shape index (κ1) is 12.9. The normalized spacial score (nSPS) is 22.1. The molecule has 0 bridgehead atoms. The van der Waals surface area contributed by atoms with Crippen molar-refractivity contribution in [3.05, 3.63) is 46.5 Å². The number of hydrogen-bond acceptors (Lipinski definition) is 4. The summed E-state index contributed by atoms with van der Waals surface area (Å²) in [5.41, 5.74) is 0.494. The van der Waals surface area contributed by atoms with Gasteiger partial charge < -0.3 is 14.8 Å². The van der Waals surface area contributed by atoms with Crippen molar-refractivity contribution in [1.82, 2.24) is 9.97 Å². The quantitative estimate of drug-likeness (QED) is 0.880. The van der Waals surface area contributed by atoms with Crippen LogP contribution < -0.4 is 5.56 Å². The van der Waals surface area contributed by atoms with E-state index in [4.69, 9.17) is 4.74 Å². The van der Waals surface area contributed by atoms with Gasteiger partial charge in [0.15, 0.2) is 0 Å². The second kappa shape index (κ2) is 5.09. The SMILES string of the molecule is CC1CCC(c2nc(O)c(-c3ccccc3)c(=O)[nH]2)O1. The predicted molar refractivity (Wildman–Crippen MR) is 74.5 cm³/mol. The molecule has 0 radical (unpaired) electrons. The third-order valence-corrected chi connectivity index (χ3v) is 3.52. The summed E-state index contributed by atoms with van der Waals surface area (Å²) in [5, 5.41) is 10.1. The molecule has 20 heavy (non-hydrogen) atoms. The number of hydrogen-bond donors (Lipinski definition) is 2. The van der Waals surface area contributed by atoms with Gasteiger partial charge in [-0.05, 0) is 25.3 Å². The van der Waals surface area contributed by atoms with Gasteiger partial charge in [0, 0.05) is 0 Å². The molecule has 1 aliphatic heterocycles. The number of aromatic amines is 1. The van der Waals surface area contributed by atoms with E-state index in [0.717, 1.165) is 12.8 Å². The Morgan fingerprint density at radius 1 is 1.30 bits per heavy atom. The summed E-state index contributed by atoms with van der Waals surface area (Å²) >= 11 is 0. The lowest BCUT2D eigenvalue weighted by molar-refractivity contribution is 0.0498. The lowest BCUT2D eigenvalue weighted by Gasteiger charge is -2.11. The van der Waals surface area contributed by atoms with Crippen LogP contribution in [-0.2, 0) is 4.74 Å². The molecule has 2 atom stereocenters. The molecule has 1 aromatic heterocycles. The highest BCUT2D eigenvalue weighted by atomic mass is 16.5. The molecule has 2 unspecified atom stereocenters. The number of aromatic hydroxyl groups is 1. The van der Waals surface area contributed by atoms with Crippen LogP contribution in [0.2, 0.25) is 0 Å². The molecule has 2 aromatic rings. The minimum Gasteiger partial charge on any atom is -0.493 e. The molecule has 0 aliphatic carbocycles. The van der Waals surface area contributed by atoms with E-state index in [1.807, 2.05) is 25.1 Å². The molecule has 2 N–H and O–H groups in total. The standard InChI is InChI=1S/C15H16N2O3/c1-9-7-8-11(20-9)13-16-14(18)12(15(19)17-13)10-5-3-2-4-6-10/h2-6,9,11H,7-8H2,1H3,(H2,16,17,18,19). The van der Waals surface area contributed by atoms with Crippen molar-refractivity contribution in [2.24, 2.45) is 0 Å². The summed E-state index contributed by atoms with van der Waals surface area (Å²) in [4.78, 5) is 19.0. The first-order valence-electron chi connectivity index (χ1n) is 6.69. The van der Waals surface area contributed by atoms with Crippen LogP contribution in [0.5, 0.6) is 5.88 Å². The predicted octanol–water partition coefficient (Wildman–Crippen LogP) is 2.38. The highest BCUT2D eigenvalue weighted by Gasteiger charge is 2.26.